The van der Waals surface area contributed by atoms with Gasteiger partial charge < -0.3 is 4.74 Å². The third-order valence-electron chi connectivity index (χ3n) is 0.553. The van der Waals surface area contributed by atoms with Crippen LogP contribution in [0.25, 0.3) is 0 Å². The minimum absolute atomic E-state index is 0.0422. The second-order valence-electron chi connectivity index (χ2n) is 1.29. The van der Waals surface area contributed by atoms with Gasteiger partial charge in [0.2, 0.25) is 0 Å². The molecule has 0 atom stereocenters. The maximum Gasteiger partial charge on any atom is 0.522 e. The van der Waals surface area contributed by atoms with E-state index in [1.54, 1.807) is 0 Å². The summed E-state index contributed by atoms with van der Waals surface area (Å²) in [6, 6.07) is 0. The van der Waals surface area contributed by atoms with Gasteiger partial charge in [0.1, 0.15) is 0 Å². The lowest BCUT2D eigenvalue weighted by Crippen LogP contribution is -2.16. The number of ether oxygens (including phenoxy) is 2. The topological polar surface area (TPSA) is 18.5 Å². The van der Waals surface area contributed by atoms with E-state index in [-0.39, 0.29) is 6.61 Å². The lowest BCUT2D eigenvalue weighted by Gasteiger charge is -2.04. The van der Waals surface area contributed by atoms with Gasteiger partial charge in [0.25, 0.3) is 0 Å². The zero-order valence-electron chi connectivity index (χ0n) is 6.86. The molecule has 0 radical (unpaired) electrons. The maximum absolute atomic E-state index is 11.1. The highest BCUT2D eigenvalue weighted by Crippen LogP contribution is 2.15. The van der Waals surface area contributed by atoms with Gasteiger partial charge in [-0.05, 0) is 0 Å². The molecule has 0 aliphatic rings. The van der Waals surface area contributed by atoms with Crippen molar-refractivity contribution in [2.24, 2.45) is 0 Å². The van der Waals surface area contributed by atoms with Crippen molar-refractivity contribution in [2.75, 3.05) is 20.3 Å². The van der Waals surface area contributed by atoms with Crippen molar-refractivity contribution in [3.63, 3.8) is 0 Å². The van der Waals surface area contributed by atoms with Gasteiger partial charge in [0.15, 0.2) is 0 Å². The van der Waals surface area contributed by atoms with Gasteiger partial charge in [-0.25, -0.2) is 0 Å². The summed E-state index contributed by atoms with van der Waals surface area (Å²) in [6.07, 6.45) is -4.53. The van der Waals surface area contributed by atoms with Gasteiger partial charge in [-0.1, -0.05) is 13.8 Å². The summed E-state index contributed by atoms with van der Waals surface area (Å²) in [5.74, 6) is 0. The molecular formula is C6H13F3O2. The lowest BCUT2D eigenvalue weighted by atomic mass is 10.8. The molecule has 70 valence electrons. The Kier molecular flexibility index (Phi) is 9.45. The number of hydrogen-bond acceptors (Lipinski definition) is 2. The standard InChI is InChI=1S/C4H7F3O2.C2H6/c1-8-2-3-9-4(5,6)7;1-2/h2-3H2,1H3;1-2H3. The Bertz CT molecular complexity index is 72.7. The van der Waals surface area contributed by atoms with E-state index in [4.69, 9.17) is 0 Å². The predicted molar refractivity (Wildman–Crippen MR) is 35.2 cm³/mol. The molecule has 0 saturated heterocycles. The number of rotatable bonds is 3. The van der Waals surface area contributed by atoms with Crippen molar-refractivity contribution in [3.05, 3.63) is 0 Å². The molecular weight excluding hydrogens is 161 g/mol. The molecule has 5 heteroatoms. The average Bonchev–Trinajstić information content (AvgIpc) is 1.90. The maximum atomic E-state index is 11.1. The van der Waals surface area contributed by atoms with Crippen molar-refractivity contribution >= 4 is 0 Å². The molecule has 2 nitrogen and oxygen atoms in total. The molecule has 0 aromatic heterocycles. The van der Waals surface area contributed by atoms with Crippen molar-refractivity contribution < 1.29 is 22.6 Å². The zero-order valence-corrected chi connectivity index (χ0v) is 6.86. The molecule has 0 fully saturated rings. The highest BCUT2D eigenvalue weighted by Gasteiger charge is 2.28. The van der Waals surface area contributed by atoms with Crippen molar-refractivity contribution in [1.82, 2.24) is 0 Å². The van der Waals surface area contributed by atoms with Crippen LogP contribution >= 0.6 is 0 Å². The zero-order chi connectivity index (χ0) is 9.33. The second kappa shape index (κ2) is 7.81. The third-order valence-corrected chi connectivity index (χ3v) is 0.553. The molecule has 0 aromatic carbocycles. The molecule has 0 amide bonds. The van der Waals surface area contributed by atoms with E-state index in [0.29, 0.717) is 0 Å². The van der Waals surface area contributed by atoms with Crippen LogP contribution in [0.2, 0.25) is 0 Å². The molecule has 0 unspecified atom stereocenters. The van der Waals surface area contributed by atoms with Crippen LogP contribution in [0.5, 0.6) is 0 Å². The monoisotopic (exact) mass is 174 g/mol. The highest BCUT2D eigenvalue weighted by molar-refractivity contribution is 4.29. The van der Waals surface area contributed by atoms with Crippen LogP contribution in [0.3, 0.4) is 0 Å². The van der Waals surface area contributed by atoms with Gasteiger partial charge in [-0.2, -0.15) is 0 Å². The van der Waals surface area contributed by atoms with Gasteiger partial charge >= 0.3 is 6.36 Å². The van der Waals surface area contributed by atoms with E-state index in [1.807, 2.05) is 13.8 Å². The minimum atomic E-state index is -4.53. The minimum Gasteiger partial charge on any atom is -0.382 e. The van der Waals surface area contributed by atoms with Crippen LogP contribution in [0.15, 0.2) is 0 Å². The summed E-state index contributed by atoms with van der Waals surface area (Å²) in [4.78, 5) is 0. The molecule has 0 aromatic rings. The summed E-state index contributed by atoms with van der Waals surface area (Å²) in [5, 5.41) is 0. The molecule has 0 spiro atoms. The average molecular weight is 174 g/mol. The van der Waals surface area contributed by atoms with E-state index in [9.17, 15) is 13.2 Å². The first-order valence-electron chi connectivity index (χ1n) is 3.26. The first-order valence-corrected chi connectivity index (χ1v) is 3.26. The van der Waals surface area contributed by atoms with Crippen LogP contribution in [0, 0.1) is 0 Å². The van der Waals surface area contributed by atoms with Gasteiger partial charge in [-0.15, -0.1) is 13.2 Å². The van der Waals surface area contributed by atoms with E-state index >= 15 is 0 Å². The number of hydrogen-bond donors (Lipinski definition) is 0. The Morgan fingerprint density at radius 1 is 1.09 bits per heavy atom. The molecule has 0 N–H and O–H groups in total. The van der Waals surface area contributed by atoms with E-state index < -0.39 is 13.0 Å². The van der Waals surface area contributed by atoms with Crippen molar-refractivity contribution in [1.29, 1.82) is 0 Å². The lowest BCUT2D eigenvalue weighted by molar-refractivity contribution is -0.326. The summed E-state index contributed by atoms with van der Waals surface area (Å²) in [6.45, 7) is 3.51. The van der Waals surface area contributed by atoms with Crippen LogP contribution in [0.1, 0.15) is 13.8 Å². The fraction of sp³-hybridized carbons (Fsp3) is 1.00. The summed E-state index contributed by atoms with van der Waals surface area (Å²) in [7, 11) is 1.31. The van der Waals surface area contributed by atoms with Gasteiger partial charge in [0.05, 0.1) is 13.2 Å². The SMILES string of the molecule is CC.COCCOC(F)(F)F. The van der Waals surface area contributed by atoms with Gasteiger partial charge in [-0.3, -0.25) is 4.74 Å². The van der Waals surface area contributed by atoms with E-state index in [0.717, 1.165) is 0 Å². The number of alkyl halides is 3. The van der Waals surface area contributed by atoms with E-state index in [2.05, 4.69) is 9.47 Å². The normalized spacial score (nSPS) is 10.4. The fourth-order valence-corrected chi connectivity index (χ4v) is 0.241. The summed E-state index contributed by atoms with van der Waals surface area (Å²) in [5.41, 5.74) is 0. The Hall–Kier alpha value is -0.290. The number of halogens is 3. The number of methoxy groups -OCH3 is 1. The van der Waals surface area contributed by atoms with Gasteiger partial charge in [0, 0.05) is 7.11 Å². The summed E-state index contributed by atoms with van der Waals surface area (Å²) < 4.78 is 41.0. The third kappa shape index (κ3) is 17.7. The van der Waals surface area contributed by atoms with E-state index in [1.165, 1.54) is 7.11 Å². The molecule has 0 aliphatic heterocycles. The Morgan fingerprint density at radius 2 is 1.55 bits per heavy atom. The van der Waals surface area contributed by atoms with Crippen LogP contribution < -0.4 is 0 Å². The van der Waals surface area contributed by atoms with Crippen molar-refractivity contribution in [3.8, 4) is 0 Å². The summed E-state index contributed by atoms with van der Waals surface area (Å²) >= 11 is 0. The first kappa shape index (κ1) is 13.3. The molecule has 0 heterocycles. The Labute approximate surface area is 64.3 Å². The Morgan fingerprint density at radius 3 is 1.82 bits per heavy atom. The van der Waals surface area contributed by atoms with Crippen LogP contribution in [0.4, 0.5) is 13.2 Å². The molecule has 0 rings (SSSR count). The van der Waals surface area contributed by atoms with Crippen molar-refractivity contribution in [2.45, 2.75) is 20.2 Å². The largest absolute Gasteiger partial charge is 0.522 e. The molecule has 11 heavy (non-hydrogen) atoms. The quantitative estimate of drug-likeness (QED) is 0.610. The predicted octanol–water partition coefficient (Wildman–Crippen LogP) is 2.20. The molecule has 0 bridgehead atoms. The van der Waals surface area contributed by atoms with Crippen LogP contribution in [-0.4, -0.2) is 26.7 Å². The first-order chi connectivity index (χ1) is 5.06. The molecule has 0 aliphatic carbocycles. The Balaban J connectivity index is 0. The van der Waals surface area contributed by atoms with Crippen LogP contribution in [-0.2, 0) is 9.47 Å². The molecule has 0 saturated carbocycles. The smallest absolute Gasteiger partial charge is 0.382 e. The fourth-order valence-electron chi connectivity index (χ4n) is 0.241. The second-order valence-corrected chi connectivity index (χ2v) is 1.29. The highest BCUT2D eigenvalue weighted by atomic mass is 19.4.